The van der Waals surface area contributed by atoms with Crippen molar-refractivity contribution in [3.05, 3.63) is 69.5 Å². The van der Waals surface area contributed by atoms with Gasteiger partial charge in [-0.15, -0.1) is 11.3 Å². The van der Waals surface area contributed by atoms with Gasteiger partial charge in [-0.1, -0.05) is 17.7 Å². The predicted octanol–water partition coefficient (Wildman–Crippen LogP) is 4.35. The molecule has 0 saturated carbocycles. The monoisotopic (exact) mass is 401 g/mol. The molecule has 0 unspecified atom stereocenters. The number of amides is 1. The molecule has 0 aliphatic heterocycles. The number of carbonyl (C=O) groups is 1. The highest BCUT2D eigenvalue weighted by Crippen LogP contribution is 2.32. The van der Waals surface area contributed by atoms with E-state index >= 15 is 0 Å². The SMILES string of the molecule is Cc1nc2c(sc3cccc(F)c32)c(=O)n1CC(=O)Nc1ccc(Cl)cc1. The first-order valence-corrected chi connectivity index (χ1v) is 9.27. The summed E-state index contributed by atoms with van der Waals surface area (Å²) in [7, 11) is 0. The van der Waals surface area contributed by atoms with E-state index in [4.69, 9.17) is 11.6 Å². The summed E-state index contributed by atoms with van der Waals surface area (Å²) in [6.07, 6.45) is 0. The molecule has 0 saturated heterocycles. The molecule has 2 aromatic carbocycles. The lowest BCUT2D eigenvalue weighted by Gasteiger charge is -2.10. The van der Waals surface area contributed by atoms with Gasteiger partial charge in [0, 0.05) is 15.4 Å². The average Bonchev–Trinajstić information content (AvgIpc) is 3.00. The number of fused-ring (bicyclic) bond motifs is 3. The predicted molar refractivity (Wildman–Crippen MR) is 106 cm³/mol. The van der Waals surface area contributed by atoms with Crippen molar-refractivity contribution in [1.29, 1.82) is 0 Å². The van der Waals surface area contributed by atoms with E-state index in [1.807, 2.05) is 0 Å². The standard InChI is InChI=1S/C19H13ClFN3O2S/c1-10-22-17-16-13(21)3-2-4-14(16)27-18(17)19(26)24(10)9-15(25)23-12-7-5-11(20)6-8-12/h2-8H,9H2,1H3,(H,23,25). The normalized spacial score (nSPS) is 11.2. The highest BCUT2D eigenvalue weighted by Gasteiger charge is 2.17. The van der Waals surface area contributed by atoms with Crippen LogP contribution in [0.4, 0.5) is 10.1 Å². The van der Waals surface area contributed by atoms with Gasteiger partial charge >= 0.3 is 0 Å². The third-order valence-electron chi connectivity index (χ3n) is 4.17. The third-order valence-corrected chi connectivity index (χ3v) is 5.56. The van der Waals surface area contributed by atoms with Crippen molar-refractivity contribution in [3.8, 4) is 0 Å². The van der Waals surface area contributed by atoms with E-state index in [-0.39, 0.29) is 18.0 Å². The second kappa shape index (κ2) is 6.75. The Morgan fingerprint density at radius 2 is 2.00 bits per heavy atom. The van der Waals surface area contributed by atoms with Crippen molar-refractivity contribution in [3.63, 3.8) is 0 Å². The Labute approximate surface area is 162 Å². The lowest BCUT2D eigenvalue weighted by molar-refractivity contribution is -0.116. The molecule has 0 radical (unpaired) electrons. The van der Waals surface area contributed by atoms with Crippen molar-refractivity contribution in [2.24, 2.45) is 0 Å². The van der Waals surface area contributed by atoms with Crippen LogP contribution in [0, 0.1) is 12.7 Å². The van der Waals surface area contributed by atoms with Crippen molar-refractivity contribution in [1.82, 2.24) is 9.55 Å². The summed E-state index contributed by atoms with van der Waals surface area (Å²) >= 11 is 7.00. The molecular weight excluding hydrogens is 389 g/mol. The van der Waals surface area contributed by atoms with E-state index in [0.717, 1.165) is 0 Å². The van der Waals surface area contributed by atoms with Crippen molar-refractivity contribution in [2.45, 2.75) is 13.5 Å². The number of halogens is 2. The van der Waals surface area contributed by atoms with E-state index in [2.05, 4.69) is 10.3 Å². The fourth-order valence-electron chi connectivity index (χ4n) is 2.90. The molecule has 0 aliphatic rings. The van der Waals surface area contributed by atoms with E-state index in [1.165, 1.54) is 22.0 Å². The van der Waals surface area contributed by atoms with Crippen LogP contribution in [0.2, 0.25) is 5.02 Å². The molecule has 2 heterocycles. The first-order chi connectivity index (χ1) is 12.9. The van der Waals surface area contributed by atoms with E-state index < -0.39 is 5.82 Å². The topological polar surface area (TPSA) is 64.0 Å². The maximum atomic E-state index is 14.2. The molecule has 1 N–H and O–H groups in total. The number of aromatic nitrogens is 2. The van der Waals surface area contributed by atoms with E-state index in [0.29, 0.717) is 36.8 Å². The van der Waals surface area contributed by atoms with Gasteiger partial charge in [0.2, 0.25) is 5.91 Å². The van der Waals surface area contributed by atoms with Crippen LogP contribution in [-0.4, -0.2) is 15.5 Å². The summed E-state index contributed by atoms with van der Waals surface area (Å²) in [5.74, 6) is -0.430. The average molecular weight is 402 g/mol. The lowest BCUT2D eigenvalue weighted by atomic mass is 10.2. The third kappa shape index (κ3) is 3.20. The summed E-state index contributed by atoms with van der Waals surface area (Å²) in [4.78, 5) is 29.6. The van der Waals surface area contributed by atoms with Gasteiger partial charge in [0.15, 0.2) is 0 Å². The zero-order valence-electron chi connectivity index (χ0n) is 14.1. The van der Waals surface area contributed by atoms with Crippen LogP contribution in [0.15, 0.2) is 47.3 Å². The van der Waals surface area contributed by atoms with Crippen LogP contribution < -0.4 is 10.9 Å². The van der Waals surface area contributed by atoms with Crippen molar-refractivity contribution < 1.29 is 9.18 Å². The number of nitrogens with one attached hydrogen (secondary N) is 1. The summed E-state index contributed by atoms with van der Waals surface area (Å²) in [6, 6.07) is 11.4. The van der Waals surface area contributed by atoms with Crippen LogP contribution in [0.1, 0.15) is 5.82 Å². The molecule has 2 aromatic heterocycles. The van der Waals surface area contributed by atoms with Crippen LogP contribution in [0.3, 0.4) is 0 Å². The molecule has 0 spiro atoms. The van der Waals surface area contributed by atoms with Crippen molar-refractivity contribution in [2.75, 3.05) is 5.32 Å². The molecule has 8 heteroatoms. The number of aryl methyl sites for hydroxylation is 1. The summed E-state index contributed by atoms with van der Waals surface area (Å²) in [6.45, 7) is 1.44. The first kappa shape index (κ1) is 17.6. The molecular formula is C19H13ClFN3O2S. The molecule has 136 valence electrons. The van der Waals surface area contributed by atoms with Crippen LogP contribution in [-0.2, 0) is 11.3 Å². The summed E-state index contributed by atoms with van der Waals surface area (Å²) < 4.78 is 16.5. The second-order valence-electron chi connectivity index (χ2n) is 6.00. The number of anilines is 1. The highest BCUT2D eigenvalue weighted by atomic mass is 35.5. The minimum atomic E-state index is -0.414. The lowest BCUT2D eigenvalue weighted by Crippen LogP contribution is -2.29. The molecule has 0 atom stereocenters. The van der Waals surface area contributed by atoms with Gasteiger partial charge in [-0.3, -0.25) is 14.2 Å². The quantitative estimate of drug-likeness (QED) is 0.555. The largest absolute Gasteiger partial charge is 0.325 e. The van der Waals surface area contributed by atoms with Crippen LogP contribution in [0.5, 0.6) is 0 Å². The van der Waals surface area contributed by atoms with Crippen molar-refractivity contribution >= 4 is 54.8 Å². The Hall–Kier alpha value is -2.77. The van der Waals surface area contributed by atoms with Gasteiger partial charge in [0.25, 0.3) is 5.56 Å². The Bertz CT molecular complexity index is 1250. The zero-order valence-corrected chi connectivity index (χ0v) is 15.7. The van der Waals surface area contributed by atoms with Gasteiger partial charge in [0.1, 0.15) is 22.9 Å². The maximum absolute atomic E-state index is 14.2. The molecule has 0 aliphatic carbocycles. The molecule has 4 aromatic rings. The fraction of sp³-hybridized carbons (Fsp3) is 0.105. The fourth-order valence-corrected chi connectivity index (χ4v) is 4.13. The smallest absolute Gasteiger partial charge is 0.272 e. The minimum absolute atomic E-state index is 0.188. The number of benzene rings is 2. The Balaban J connectivity index is 1.72. The summed E-state index contributed by atoms with van der Waals surface area (Å²) in [5, 5.41) is 3.62. The molecule has 0 fully saturated rings. The number of hydrogen-bond donors (Lipinski definition) is 1. The zero-order chi connectivity index (χ0) is 19.1. The second-order valence-corrected chi connectivity index (χ2v) is 7.49. The summed E-state index contributed by atoms with van der Waals surface area (Å²) in [5.41, 5.74) is 0.558. The Morgan fingerprint density at radius 3 is 2.74 bits per heavy atom. The molecule has 1 amide bonds. The Morgan fingerprint density at radius 1 is 1.26 bits per heavy atom. The van der Waals surface area contributed by atoms with Crippen LogP contribution in [0.25, 0.3) is 20.3 Å². The molecule has 4 rings (SSSR count). The first-order valence-electron chi connectivity index (χ1n) is 8.07. The highest BCUT2D eigenvalue weighted by molar-refractivity contribution is 7.25. The molecule has 0 bridgehead atoms. The molecule has 5 nitrogen and oxygen atoms in total. The van der Waals surface area contributed by atoms with Crippen LogP contribution >= 0.6 is 22.9 Å². The van der Waals surface area contributed by atoms with E-state index in [1.54, 1.807) is 43.3 Å². The number of nitrogens with zero attached hydrogens (tertiary/aromatic N) is 2. The maximum Gasteiger partial charge on any atom is 0.272 e. The number of carbonyl (C=O) groups excluding carboxylic acids is 1. The van der Waals surface area contributed by atoms with Gasteiger partial charge < -0.3 is 5.32 Å². The Kier molecular flexibility index (Phi) is 4.41. The number of rotatable bonds is 3. The van der Waals surface area contributed by atoms with E-state index in [9.17, 15) is 14.0 Å². The number of thiophene rings is 1. The van der Waals surface area contributed by atoms with Gasteiger partial charge in [-0.05, 0) is 43.3 Å². The minimum Gasteiger partial charge on any atom is -0.325 e. The van der Waals surface area contributed by atoms with Gasteiger partial charge in [0.05, 0.1) is 10.9 Å². The van der Waals surface area contributed by atoms with Gasteiger partial charge in [-0.25, -0.2) is 9.37 Å². The number of hydrogen-bond acceptors (Lipinski definition) is 4. The molecule has 27 heavy (non-hydrogen) atoms. The van der Waals surface area contributed by atoms with Gasteiger partial charge in [-0.2, -0.15) is 0 Å².